The van der Waals surface area contributed by atoms with Crippen molar-refractivity contribution in [2.24, 2.45) is 7.05 Å². The maximum atomic E-state index is 12.6. The third kappa shape index (κ3) is 2.28. The molecule has 0 saturated carbocycles. The van der Waals surface area contributed by atoms with Crippen LogP contribution in [0.5, 0.6) is 0 Å². The van der Waals surface area contributed by atoms with Crippen molar-refractivity contribution in [2.75, 3.05) is 26.3 Å². The molecule has 19 heavy (non-hydrogen) atoms. The molecule has 2 aromatic rings. The summed E-state index contributed by atoms with van der Waals surface area (Å²) in [6.45, 7) is 2.60. The predicted molar refractivity (Wildman–Crippen MR) is 77.3 cm³/mol. The number of aryl methyl sites for hydroxylation is 1. The van der Waals surface area contributed by atoms with Crippen LogP contribution in [0.3, 0.4) is 0 Å². The predicted octanol–water partition coefficient (Wildman–Crippen LogP) is 2.41. The zero-order valence-corrected chi connectivity index (χ0v) is 12.3. The van der Waals surface area contributed by atoms with E-state index in [-0.39, 0.29) is 5.91 Å². The van der Waals surface area contributed by atoms with Gasteiger partial charge in [-0.25, -0.2) is 0 Å². The molecule has 2 heterocycles. The number of hydrogen-bond acceptors (Lipinski definition) is 2. The molecule has 0 spiro atoms. The number of hydrogen-bond donors (Lipinski definition) is 0. The first-order chi connectivity index (χ1) is 9.16. The fourth-order valence-electron chi connectivity index (χ4n) is 2.46. The molecule has 0 atom stereocenters. The summed E-state index contributed by atoms with van der Waals surface area (Å²) < 4.78 is 8.30. The van der Waals surface area contributed by atoms with E-state index in [1.807, 2.05) is 40.9 Å². The Kier molecular flexibility index (Phi) is 3.33. The van der Waals surface area contributed by atoms with Crippen molar-refractivity contribution in [2.45, 2.75) is 0 Å². The van der Waals surface area contributed by atoms with Crippen LogP contribution in [0.1, 0.15) is 10.4 Å². The normalized spacial score (nSPS) is 16.0. The Hall–Kier alpha value is -1.33. The van der Waals surface area contributed by atoms with Crippen LogP contribution < -0.4 is 0 Å². The van der Waals surface area contributed by atoms with Crippen molar-refractivity contribution >= 4 is 32.7 Å². The molecule has 0 bridgehead atoms. The lowest BCUT2D eigenvalue weighted by atomic mass is 10.1. The van der Waals surface area contributed by atoms with Gasteiger partial charge >= 0.3 is 0 Å². The fourth-order valence-corrected chi connectivity index (χ4v) is 2.81. The number of rotatable bonds is 1. The molecule has 0 radical (unpaired) electrons. The highest BCUT2D eigenvalue weighted by molar-refractivity contribution is 9.10. The molecular formula is C14H15BrN2O2. The van der Waals surface area contributed by atoms with Crippen LogP contribution in [-0.2, 0) is 11.8 Å². The minimum atomic E-state index is 0.0937. The Balaban J connectivity index is 2.02. The van der Waals surface area contributed by atoms with Gasteiger partial charge in [-0.1, -0.05) is 22.0 Å². The number of morpholine rings is 1. The molecule has 1 aliphatic rings. The number of amides is 1. The molecule has 100 valence electrons. The maximum absolute atomic E-state index is 12.6. The van der Waals surface area contributed by atoms with Gasteiger partial charge in [0.15, 0.2) is 0 Å². The van der Waals surface area contributed by atoms with Crippen LogP contribution in [0.2, 0.25) is 0 Å². The lowest BCUT2D eigenvalue weighted by molar-refractivity contribution is 0.0304. The average Bonchev–Trinajstić information content (AvgIpc) is 2.76. The number of nitrogens with zero attached hydrogens (tertiary/aromatic N) is 2. The summed E-state index contributed by atoms with van der Waals surface area (Å²) in [6.07, 6.45) is 1.91. The Bertz CT molecular complexity index is 630. The fraction of sp³-hybridized carbons (Fsp3) is 0.357. The Morgan fingerprint density at radius 3 is 2.79 bits per heavy atom. The summed E-state index contributed by atoms with van der Waals surface area (Å²) in [7, 11) is 1.96. The Labute approximate surface area is 120 Å². The molecule has 1 aliphatic heterocycles. The summed E-state index contributed by atoms with van der Waals surface area (Å²) in [4.78, 5) is 14.4. The van der Waals surface area contributed by atoms with Crippen molar-refractivity contribution < 1.29 is 9.53 Å². The van der Waals surface area contributed by atoms with E-state index in [2.05, 4.69) is 15.9 Å². The van der Waals surface area contributed by atoms with E-state index in [0.29, 0.717) is 26.3 Å². The monoisotopic (exact) mass is 322 g/mol. The summed E-state index contributed by atoms with van der Waals surface area (Å²) in [6, 6.07) is 6.00. The van der Waals surface area contributed by atoms with E-state index in [1.165, 1.54) is 0 Å². The third-order valence-corrected chi connectivity index (χ3v) is 3.97. The Morgan fingerprint density at radius 1 is 1.32 bits per heavy atom. The molecule has 3 rings (SSSR count). The smallest absolute Gasteiger partial charge is 0.256 e. The first-order valence-corrected chi connectivity index (χ1v) is 7.08. The summed E-state index contributed by atoms with van der Waals surface area (Å²) >= 11 is 3.46. The standard InChI is InChI=1S/C14H15BrN2O2/c1-16-9-12(11-3-2-10(15)8-13(11)16)14(18)17-4-6-19-7-5-17/h2-3,8-9H,4-7H2,1H3. The number of benzene rings is 1. The topological polar surface area (TPSA) is 34.5 Å². The second kappa shape index (κ2) is 4.98. The van der Waals surface area contributed by atoms with Crippen molar-refractivity contribution in [3.8, 4) is 0 Å². The zero-order chi connectivity index (χ0) is 13.4. The summed E-state index contributed by atoms with van der Waals surface area (Å²) in [5, 5.41) is 1.00. The number of ether oxygens (including phenoxy) is 1. The van der Waals surface area contributed by atoms with Gasteiger partial charge in [-0.3, -0.25) is 4.79 Å². The van der Waals surface area contributed by atoms with Gasteiger partial charge in [-0.05, 0) is 12.1 Å². The van der Waals surface area contributed by atoms with Crippen LogP contribution in [0, 0.1) is 0 Å². The van der Waals surface area contributed by atoms with Gasteiger partial charge in [0, 0.05) is 41.7 Å². The lowest BCUT2D eigenvalue weighted by Crippen LogP contribution is -2.40. The van der Waals surface area contributed by atoms with Gasteiger partial charge < -0.3 is 14.2 Å². The van der Waals surface area contributed by atoms with E-state index in [9.17, 15) is 4.79 Å². The van der Waals surface area contributed by atoms with E-state index in [0.717, 1.165) is 20.9 Å². The quantitative estimate of drug-likeness (QED) is 0.808. The third-order valence-electron chi connectivity index (χ3n) is 3.48. The highest BCUT2D eigenvalue weighted by Gasteiger charge is 2.22. The van der Waals surface area contributed by atoms with Gasteiger partial charge in [0.2, 0.25) is 0 Å². The van der Waals surface area contributed by atoms with E-state index >= 15 is 0 Å². The van der Waals surface area contributed by atoms with Gasteiger partial charge in [0.1, 0.15) is 0 Å². The molecule has 5 heteroatoms. The highest BCUT2D eigenvalue weighted by atomic mass is 79.9. The molecule has 0 N–H and O–H groups in total. The number of aromatic nitrogens is 1. The zero-order valence-electron chi connectivity index (χ0n) is 10.7. The molecule has 0 aliphatic carbocycles. The maximum Gasteiger partial charge on any atom is 0.256 e. The van der Waals surface area contributed by atoms with Crippen molar-refractivity contribution in [1.29, 1.82) is 0 Å². The van der Waals surface area contributed by atoms with E-state index in [1.54, 1.807) is 0 Å². The van der Waals surface area contributed by atoms with Crippen LogP contribution in [-0.4, -0.2) is 41.7 Å². The second-order valence-corrected chi connectivity index (χ2v) is 5.64. The van der Waals surface area contributed by atoms with Gasteiger partial charge in [0.25, 0.3) is 5.91 Å². The van der Waals surface area contributed by atoms with E-state index in [4.69, 9.17) is 4.74 Å². The number of fused-ring (bicyclic) bond motifs is 1. The van der Waals surface area contributed by atoms with Crippen molar-refractivity contribution in [3.63, 3.8) is 0 Å². The van der Waals surface area contributed by atoms with Crippen LogP contribution in [0.15, 0.2) is 28.9 Å². The molecule has 4 nitrogen and oxygen atoms in total. The van der Waals surface area contributed by atoms with Crippen LogP contribution in [0.25, 0.3) is 10.9 Å². The minimum Gasteiger partial charge on any atom is -0.378 e. The number of halogens is 1. The van der Waals surface area contributed by atoms with E-state index < -0.39 is 0 Å². The van der Waals surface area contributed by atoms with Crippen LogP contribution in [0.4, 0.5) is 0 Å². The molecular weight excluding hydrogens is 308 g/mol. The van der Waals surface area contributed by atoms with Gasteiger partial charge in [-0.15, -0.1) is 0 Å². The molecule has 1 fully saturated rings. The SMILES string of the molecule is Cn1cc(C(=O)N2CCOCC2)c2ccc(Br)cc21. The largest absolute Gasteiger partial charge is 0.378 e. The first kappa shape index (κ1) is 12.7. The molecule has 1 saturated heterocycles. The lowest BCUT2D eigenvalue weighted by Gasteiger charge is -2.26. The van der Waals surface area contributed by atoms with Crippen molar-refractivity contribution in [1.82, 2.24) is 9.47 Å². The average molecular weight is 323 g/mol. The van der Waals surface area contributed by atoms with Gasteiger partial charge in [0.05, 0.1) is 18.8 Å². The minimum absolute atomic E-state index is 0.0937. The first-order valence-electron chi connectivity index (χ1n) is 6.28. The number of carbonyl (C=O) groups excluding carboxylic acids is 1. The van der Waals surface area contributed by atoms with Crippen molar-refractivity contribution in [3.05, 3.63) is 34.4 Å². The highest BCUT2D eigenvalue weighted by Crippen LogP contribution is 2.25. The second-order valence-electron chi connectivity index (χ2n) is 4.72. The molecule has 1 aromatic heterocycles. The molecule has 1 aromatic carbocycles. The molecule has 1 amide bonds. The van der Waals surface area contributed by atoms with Crippen LogP contribution >= 0.6 is 15.9 Å². The van der Waals surface area contributed by atoms with Gasteiger partial charge in [-0.2, -0.15) is 0 Å². The summed E-state index contributed by atoms with van der Waals surface area (Å²) in [5.41, 5.74) is 1.83. The molecule has 0 unspecified atom stereocenters. The number of carbonyl (C=O) groups is 1. The Morgan fingerprint density at radius 2 is 2.05 bits per heavy atom. The summed E-state index contributed by atoms with van der Waals surface area (Å²) in [5.74, 6) is 0.0937.